The van der Waals surface area contributed by atoms with E-state index in [4.69, 9.17) is 4.74 Å². The lowest BCUT2D eigenvalue weighted by atomic mass is 10.0. The number of hydrogen-bond donors (Lipinski definition) is 3. The van der Waals surface area contributed by atoms with E-state index < -0.39 is 17.9 Å². The molecular formula is C22H24F3N7O2. The molecule has 0 saturated heterocycles. The number of aromatic nitrogens is 5. The minimum absolute atomic E-state index is 0.0370. The van der Waals surface area contributed by atoms with Crippen LogP contribution in [0, 0.1) is 13.8 Å². The number of pyridine rings is 1. The molecule has 34 heavy (non-hydrogen) atoms. The molecule has 0 bridgehead atoms. The monoisotopic (exact) mass is 475 g/mol. The number of nitrogens with one attached hydrogen (secondary N) is 3. The molecule has 0 aromatic carbocycles. The second-order valence-electron chi connectivity index (χ2n) is 8.07. The third-order valence-electron chi connectivity index (χ3n) is 5.29. The molecule has 1 saturated carbocycles. The number of aryl methyl sites for hydroxylation is 2. The molecule has 180 valence electrons. The van der Waals surface area contributed by atoms with E-state index >= 15 is 0 Å². The summed E-state index contributed by atoms with van der Waals surface area (Å²) >= 11 is 0. The normalized spacial score (nSPS) is 13.6. The zero-order chi connectivity index (χ0) is 24.5. The number of hydrogen-bond acceptors (Lipinski definition) is 6. The van der Waals surface area contributed by atoms with Crippen molar-refractivity contribution in [2.75, 3.05) is 11.9 Å². The molecule has 3 aromatic heterocycles. The summed E-state index contributed by atoms with van der Waals surface area (Å²) in [6, 6.07) is 4.59. The Labute approximate surface area is 193 Å². The largest absolute Gasteiger partial charge is 0.478 e. The average molecular weight is 475 g/mol. The van der Waals surface area contributed by atoms with Gasteiger partial charge in [-0.25, -0.2) is 9.78 Å². The van der Waals surface area contributed by atoms with Gasteiger partial charge in [-0.15, -0.1) is 5.10 Å². The Hall–Kier alpha value is -3.70. The van der Waals surface area contributed by atoms with E-state index in [-0.39, 0.29) is 23.5 Å². The summed E-state index contributed by atoms with van der Waals surface area (Å²) in [7, 11) is 0. The first-order valence-corrected chi connectivity index (χ1v) is 10.8. The molecule has 0 radical (unpaired) electrons. The van der Waals surface area contributed by atoms with Crippen LogP contribution in [0.5, 0.6) is 5.88 Å². The fourth-order valence-electron chi connectivity index (χ4n) is 3.55. The number of aromatic amines is 1. The highest BCUT2D eigenvalue weighted by Gasteiger charge is 2.38. The number of ether oxygens (including phenoxy) is 1. The summed E-state index contributed by atoms with van der Waals surface area (Å²) < 4.78 is 45.4. The van der Waals surface area contributed by atoms with Gasteiger partial charge in [-0.3, -0.25) is 5.10 Å². The smallest absolute Gasteiger partial charge is 0.435 e. The van der Waals surface area contributed by atoms with Gasteiger partial charge in [0.2, 0.25) is 5.88 Å². The maximum absolute atomic E-state index is 13.3. The van der Waals surface area contributed by atoms with Crippen LogP contribution < -0.4 is 15.4 Å². The summed E-state index contributed by atoms with van der Waals surface area (Å²) in [5.74, 6) is 0.838. The van der Waals surface area contributed by atoms with Gasteiger partial charge in [0.25, 0.3) is 0 Å². The Morgan fingerprint density at radius 3 is 2.62 bits per heavy atom. The van der Waals surface area contributed by atoms with E-state index in [2.05, 4.69) is 36.0 Å². The van der Waals surface area contributed by atoms with Gasteiger partial charge in [-0.2, -0.15) is 23.4 Å². The first-order chi connectivity index (χ1) is 16.2. The molecule has 1 fully saturated rings. The van der Waals surface area contributed by atoms with Crippen molar-refractivity contribution in [1.82, 2.24) is 30.7 Å². The lowest BCUT2D eigenvalue weighted by molar-refractivity contribution is -0.140. The highest BCUT2D eigenvalue weighted by Crippen LogP contribution is 2.40. The average Bonchev–Trinajstić information content (AvgIpc) is 3.54. The molecule has 3 heterocycles. The van der Waals surface area contributed by atoms with Crippen molar-refractivity contribution in [3.8, 4) is 17.1 Å². The van der Waals surface area contributed by atoms with E-state index in [0.29, 0.717) is 35.3 Å². The number of anilines is 1. The number of rotatable bonds is 7. The van der Waals surface area contributed by atoms with Gasteiger partial charge in [-0.1, -0.05) is 0 Å². The number of urea groups is 1. The predicted molar refractivity (Wildman–Crippen MR) is 117 cm³/mol. The van der Waals surface area contributed by atoms with E-state index in [9.17, 15) is 18.0 Å². The first kappa shape index (κ1) is 23.5. The summed E-state index contributed by atoms with van der Waals surface area (Å²) in [4.78, 5) is 16.9. The predicted octanol–water partition coefficient (Wildman–Crippen LogP) is 4.50. The molecule has 0 unspecified atom stereocenters. The Morgan fingerprint density at radius 1 is 1.21 bits per heavy atom. The van der Waals surface area contributed by atoms with Gasteiger partial charge in [0.1, 0.15) is 0 Å². The van der Waals surface area contributed by atoms with E-state index in [1.807, 2.05) is 13.0 Å². The van der Waals surface area contributed by atoms with Crippen molar-refractivity contribution >= 4 is 11.7 Å². The summed E-state index contributed by atoms with van der Waals surface area (Å²) in [5, 5.41) is 19.1. The van der Waals surface area contributed by atoms with Crippen molar-refractivity contribution in [2.45, 2.75) is 52.3 Å². The summed E-state index contributed by atoms with van der Waals surface area (Å²) in [6.07, 6.45) is -2.50. The van der Waals surface area contributed by atoms with Gasteiger partial charge in [0.15, 0.2) is 5.69 Å². The maximum Gasteiger partial charge on any atom is 0.435 e. The molecular weight excluding hydrogens is 451 g/mol. The van der Waals surface area contributed by atoms with Gasteiger partial charge >= 0.3 is 12.2 Å². The molecule has 2 amide bonds. The second kappa shape index (κ2) is 9.27. The Balaban J connectivity index is 1.44. The highest BCUT2D eigenvalue weighted by molar-refractivity contribution is 5.89. The molecule has 3 N–H and O–H groups in total. The van der Waals surface area contributed by atoms with E-state index in [1.54, 1.807) is 19.1 Å². The maximum atomic E-state index is 13.3. The fourth-order valence-corrected chi connectivity index (χ4v) is 3.55. The molecule has 1 aliphatic rings. The molecule has 3 aromatic rings. The third kappa shape index (κ3) is 5.26. The molecule has 0 atom stereocenters. The molecule has 4 rings (SSSR count). The number of alkyl halides is 3. The second-order valence-corrected chi connectivity index (χ2v) is 8.07. The van der Waals surface area contributed by atoms with Crippen molar-refractivity contribution in [3.63, 3.8) is 0 Å². The Morgan fingerprint density at radius 2 is 1.97 bits per heavy atom. The van der Waals surface area contributed by atoms with Crippen LogP contribution in [0.3, 0.4) is 0 Å². The van der Waals surface area contributed by atoms with Crippen LogP contribution in [-0.2, 0) is 12.7 Å². The van der Waals surface area contributed by atoms with Gasteiger partial charge in [-0.05, 0) is 51.3 Å². The SMILES string of the molecule is CCOc1cc(NC(=O)NCc2cc(C)c(-c3c(C(F)(F)F)n[nH]c3C)nn2)cc(C2CC2)n1. The van der Waals surface area contributed by atoms with Gasteiger partial charge < -0.3 is 15.4 Å². The Bertz CT molecular complexity index is 1210. The molecule has 1 aliphatic carbocycles. The molecule has 12 heteroatoms. The first-order valence-electron chi connectivity index (χ1n) is 10.8. The van der Waals surface area contributed by atoms with Crippen LogP contribution in [0.15, 0.2) is 18.2 Å². The lowest BCUT2D eigenvalue weighted by Gasteiger charge is -2.12. The molecule has 0 aliphatic heterocycles. The minimum atomic E-state index is -4.62. The van der Waals surface area contributed by atoms with Crippen LogP contribution >= 0.6 is 0 Å². The summed E-state index contributed by atoms with van der Waals surface area (Å²) in [6.45, 7) is 5.48. The van der Waals surface area contributed by atoms with Crippen LogP contribution in [0.1, 0.15) is 54.0 Å². The number of amides is 2. The van der Waals surface area contributed by atoms with Gasteiger partial charge in [0.05, 0.1) is 30.1 Å². The number of halogens is 3. The topological polar surface area (TPSA) is 118 Å². The van der Waals surface area contributed by atoms with Crippen molar-refractivity contribution < 1.29 is 22.7 Å². The van der Waals surface area contributed by atoms with Crippen molar-refractivity contribution in [1.29, 1.82) is 0 Å². The quantitative estimate of drug-likeness (QED) is 0.463. The minimum Gasteiger partial charge on any atom is -0.478 e. The molecule has 9 nitrogen and oxygen atoms in total. The third-order valence-corrected chi connectivity index (χ3v) is 5.29. The van der Waals surface area contributed by atoms with E-state index in [1.165, 1.54) is 6.92 Å². The van der Waals surface area contributed by atoms with Crippen molar-refractivity contribution in [3.05, 3.63) is 46.5 Å². The zero-order valence-corrected chi connectivity index (χ0v) is 18.9. The summed E-state index contributed by atoms with van der Waals surface area (Å²) in [5.41, 5.74) is 1.47. The van der Waals surface area contributed by atoms with Gasteiger partial charge in [0, 0.05) is 29.1 Å². The van der Waals surface area contributed by atoms with Crippen LogP contribution in [-0.4, -0.2) is 38.0 Å². The number of H-pyrrole nitrogens is 1. The lowest BCUT2D eigenvalue weighted by Crippen LogP contribution is -2.28. The van der Waals surface area contributed by atoms with Crippen molar-refractivity contribution in [2.24, 2.45) is 0 Å². The van der Waals surface area contributed by atoms with Crippen LogP contribution in [0.4, 0.5) is 23.7 Å². The van der Waals surface area contributed by atoms with Crippen LogP contribution in [0.2, 0.25) is 0 Å². The zero-order valence-electron chi connectivity index (χ0n) is 18.9. The van der Waals surface area contributed by atoms with E-state index in [0.717, 1.165) is 18.5 Å². The standard InChI is InChI=1S/C22H24F3N7O2/c1-4-34-17-9-14(8-16(28-17)13-5-6-13)27-21(33)26-10-15-7-11(2)19(31-30-15)18-12(3)29-32-20(18)22(23,24)25/h7-9,13H,4-6,10H2,1-3H3,(H,29,32)(H2,26,27,28,33). The number of carbonyl (C=O) groups excluding carboxylic acids is 1. The fraction of sp³-hybridized carbons (Fsp3) is 0.409. The number of carbonyl (C=O) groups is 1. The highest BCUT2D eigenvalue weighted by atomic mass is 19.4. The Kier molecular flexibility index (Phi) is 6.40. The molecule has 0 spiro atoms. The van der Waals surface area contributed by atoms with Crippen LogP contribution in [0.25, 0.3) is 11.3 Å². The number of nitrogens with zero attached hydrogens (tertiary/aromatic N) is 4.